The fourth-order valence-corrected chi connectivity index (χ4v) is 5.37. The van der Waals surface area contributed by atoms with E-state index in [0.717, 1.165) is 64.3 Å². The molecule has 0 bridgehead atoms. The highest BCUT2D eigenvalue weighted by molar-refractivity contribution is 7.89. The van der Waals surface area contributed by atoms with Crippen molar-refractivity contribution in [3.8, 4) is 0 Å². The third kappa shape index (κ3) is 4.22. The minimum Gasteiger partial charge on any atom is -0.379 e. The van der Waals surface area contributed by atoms with Crippen molar-refractivity contribution in [1.82, 2.24) is 9.21 Å². The van der Waals surface area contributed by atoms with Crippen molar-refractivity contribution in [2.24, 2.45) is 0 Å². The lowest BCUT2D eigenvalue weighted by atomic mass is 10.2. The van der Waals surface area contributed by atoms with Gasteiger partial charge in [-0.2, -0.15) is 4.31 Å². The molecule has 0 unspecified atom stereocenters. The Kier molecular flexibility index (Phi) is 6.55. The smallest absolute Gasteiger partial charge is 0.243 e. The van der Waals surface area contributed by atoms with Gasteiger partial charge >= 0.3 is 0 Å². The molecule has 1 fully saturated rings. The molecule has 6 nitrogen and oxygen atoms in total. The van der Waals surface area contributed by atoms with Gasteiger partial charge in [-0.25, -0.2) is 8.42 Å². The molecule has 2 heterocycles. The van der Waals surface area contributed by atoms with Crippen LogP contribution in [0.4, 0.5) is 5.69 Å². The molecule has 2 aliphatic rings. The van der Waals surface area contributed by atoms with E-state index < -0.39 is 10.0 Å². The summed E-state index contributed by atoms with van der Waals surface area (Å²) in [5, 5.41) is 0. The van der Waals surface area contributed by atoms with E-state index in [-0.39, 0.29) is 0 Å². The zero-order chi connectivity index (χ0) is 18.6. The molecule has 146 valence electrons. The van der Waals surface area contributed by atoms with Crippen molar-refractivity contribution in [3.05, 3.63) is 23.8 Å². The Hall–Kier alpha value is -1.15. The predicted octanol–water partition coefficient (Wildman–Crippen LogP) is 1.80. The maximum Gasteiger partial charge on any atom is 0.243 e. The fourth-order valence-electron chi connectivity index (χ4n) is 3.86. The number of sulfonamides is 1. The second-order valence-electron chi connectivity index (χ2n) is 6.92. The summed E-state index contributed by atoms with van der Waals surface area (Å²) >= 11 is 0. The van der Waals surface area contributed by atoms with E-state index in [1.54, 1.807) is 6.07 Å². The molecule has 0 amide bonds. The highest BCUT2D eigenvalue weighted by Crippen LogP contribution is 2.31. The summed E-state index contributed by atoms with van der Waals surface area (Å²) in [5.41, 5.74) is 2.36. The quantitative estimate of drug-likeness (QED) is 0.687. The highest BCUT2D eigenvalue weighted by Gasteiger charge is 2.25. The summed E-state index contributed by atoms with van der Waals surface area (Å²) in [5.74, 6) is 0. The van der Waals surface area contributed by atoms with E-state index in [0.29, 0.717) is 18.0 Å². The van der Waals surface area contributed by atoms with Crippen LogP contribution in [0, 0.1) is 0 Å². The summed E-state index contributed by atoms with van der Waals surface area (Å²) in [6.07, 6.45) is 2.05. The van der Waals surface area contributed by atoms with Crippen LogP contribution >= 0.6 is 0 Å². The van der Waals surface area contributed by atoms with Gasteiger partial charge < -0.3 is 9.64 Å². The highest BCUT2D eigenvalue weighted by atomic mass is 32.2. The van der Waals surface area contributed by atoms with Gasteiger partial charge in [-0.1, -0.05) is 13.8 Å². The molecule has 1 aromatic rings. The van der Waals surface area contributed by atoms with Gasteiger partial charge in [-0.15, -0.1) is 0 Å². The van der Waals surface area contributed by atoms with Crippen molar-refractivity contribution in [2.45, 2.75) is 31.6 Å². The number of nitrogens with zero attached hydrogens (tertiary/aromatic N) is 3. The maximum absolute atomic E-state index is 12.7. The molecule has 0 atom stereocenters. The van der Waals surface area contributed by atoms with E-state index in [4.69, 9.17) is 4.74 Å². The minimum absolute atomic E-state index is 0.426. The van der Waals surface area contributed by atoms with E-state index in [9.17, 15) is 8.42 Å². The predicted molar refractivity (Wildman–Crippen MR) is 104 cm³/mol. The maximum atomic E-state index is 12.7. The summed E-state index contributed by atoms with van der Waals surface area (Å²) in [4.78, 5) is 5.28. The Morgan fingerprint density at radius 3 is 2.50 bits per heavy atom. The first-order valence-corrected chi connectivity index (χ1v) is 11.2. The van der Waals surface area contributed by atoms with Crippen LogP contribution in [0.3, 0.4) is 0 Å². The topological polar surface area (TPSA) is 53.1 Å². The molecule has 0 radical (unpaired) electrons. The third-order valence-electron chi connectivity index (χ3n) is 5.39. The van der Waals surface area contributed by atoms with Crippen LogP contribution in [0.15, 0.2) is 23.1 Å². The number of fused-ring (bicyclic) bond motifs is 1. The first-order chi connectivity index (χ1) is 12.6. The van der Waals surface area contributed by atoms with Gasteiger partial charge in [-0.05, 0) is 36.6 Å². The SMILES string of the molecule is CCN(CC)S(=O)(=O)c1ccc2c(c1)CCN2CCCN1CCOCC1. The van der Waals surface area contributed by atoms with Crippen molar-refractivity contribution in [3.63, 3.8) is 0 Å². The lowest BCUT2D eigenvalue weighted by Crippen LogP contribution is -2.38. The van der Waals surface area contributed by atoms with Crippen molar-refractivity contribution >= 4 is 15.7 Å². The summed E-state index contributed by atoms with van der Waals surface area (Å²) < 4.78 is 32.3. The van der Waals surface area contributed by atoms with Crippen molar-refractivity contribution < 1.29 is 13.2 Å². The van der Waals surface area contributed by atoms with Gasteiger partial charge in [0.2, 0.25) is 10.0 Å². The standard InChI is InChI=1S/C19H31N3O3S/c1-3-22(4-2)26(23,24)18-6-7-19-17(16-18)8-11-21(19)10-5-9-20-12-14-25-15-13-20/h6-7,16H,3-5,8-15H2,1-2H3. The van der Waals surface area contributed by atoms with Crippen LogP contribution in [0.5, 0.6) is 0 Å². The largest absolute Gasteiger partial charge is 0.379 e. The molecule has 1 aromatic carbocycles. The second-order valence-corrected chi connectivity index (χ2v) is 8.86. The molecule has 0 N–H and O–H groups in total. The molecule has 7 heteroatoms. The normalized spacial score (nSPS) is 18.5. The molecule has 0 aliphatic carbocycles. The average Bonchev–Trinajstić information content (AvgIpc) is 3.06. The molecule has 3 rings (SSSR count). The van der Waals surface area contributed by atoms with Crippen molar-refractivity contribution in [1.29, 1.82) is 0 Å². The van der Waals surface area contributed by atoms with Crippen LogP contribution in [0.2, 0.25) is 0 Å². The zero-order valence-electron chi connectivity index (χ0n) is 16.0. The lowest BCUT2D eigenvalue weighted by Gasteiger charge is -2.28. The Morgan fingerprint density at radius 2 is 1.81 bits per heavy atom. The van der Waals surface area contributed by atoms with Gasteiger partial charge in [0.1, 0.15) is 0 Å². The summed E-state index contributed by atoms with van der Waals surface area (Å²) in [6.45, 7) is 11.6. The first kappa shape index (κ1) is 19.6. The minimum atomic E-state index is -3.38. The number of rotatable bonds is 8. The Bertz CT molecular complexity index is 698. The van der Waals surface area contributed by atoms with E-state index >= 15 is 0 Å². The molecule has 1 saturated heterocycles. The average molecular weight is 382 g/mol. The molecule has 26 heavy (non-hydrogen) atoms. The Morgan fingerprint density at radius 1 is 1.08 bits per heavy atom. The van der Waals surface area contributed by atoms with Crippen molar-refractivity contribution in [2.75, 3.05) is 63.9 Å². The van der Waals surface area contributed by atoms with Gasteiger partial charge in [0.05, 0.1) is 18.1 Å². The van der Waals surface area contributed by atoms with Gasteiger partial charge in [0, 0.05) is 51.5 Å². The molecule has 0 aromatic heterocycles. The van der Waals surface area contributed by atoms with Crippen LogP contribution in [0.25, 0.3) is 0 Å². The Labute approximate surface area is 157 Å². The fraction of sp³-hybridized carbons (Fsp3) is 0.684. The van der Waals surface area contributed by atoms with Crippen LogP contribution in [-0.4, -0.2) is 76.6 Å². The van der Waals surface area contributed by atoms with Gasteiger partial charge in [0.25, 0.3) is 0 Å². The van der Waals surface area contributed by atoms with E-state index in [1.165, 1.54) is 9.99 Å². The number of benzene rings is 1. The van der Waals surface area contributed by atoms with Crippen LogP contribution in [0.1, 0.15) is 25.8 Å². The van der Waals surface area contributed by atoms with Crippen LogP contribution in [-0.2, 0) is 21.2 Å². The Balaban J connectivity index is 1.62. The number of ether oxygens (including phenoxy) is 1. The summed E-state index contributed by atoms with van der Waals surface area (Å²) in [6, 6.07) is 5.64. The molecule has 2 aliphatic heterocycles. The van der Waals surface area contributed by atoms with E-state index in [1.807, 2.05) is 26.0 Å². The lowest BCUT2D eigenvalue weighted by molar-refractivity contribution is 0.0376. The number of morpholine rings is 1. The van der Waals surface area contributed by atoms with E-state index in [2.05, 4.69) is 9.80 Å². The number of anilines is 1. The molecule has 0 spiro atoms. The van der Waals surface area contributed by atoms with Gasteiger partial charge in [-0.3, -0.25) is 4.90 Å². The monoisotopic (exact) mass is 381 g/mol. The summed E-state index contributed by atoms with van der Waals surface area (Å²) in [7, 11) is -3.38. The third-order valence-corrected chi connectivity index (χ3v) is 7.44. The number of hydrogen-bond acceptors (Lipinski definition) is 5. The molecule has 0 saturated carbocycles. The zero-order valence-corrected chi connectivity index (χ0v) is 16.8. The first-order valence-electron chi connectivity index (χ1n) is 9.74. The van der Waals surface area contributed by atoms with Gasteiger partial charge in [0.15, 0.2) is 0 Å². The molecular formula is C19H31N3O3S. The second kappa shape index (κ2) is 8.69. The van der Waals surface area contributed by atoms with Crippen LogP contribution < -0.4 is 4.90 Å². The molecular weight excluding hydrogens is 350 g/mol. The number of hydrogen-bond donors (Lipinski definition) is 0.